The first-order chi connectivity index (χ1) is 9.94. The van der Waals surface area contributed by atoms with E-state index in [1.54, 1.807) is 37.6 Å². The van der Waals surface area contributed by atoms with Crippen molar-refractivity contribution in [2.24, 2.45) is 7.05 Å². The second-order valence-corrected chi connectivity index (χ2v) is 4.43. The Hall–Kier alpha value is -2.57. The Morgan fingerprint density at radius 3 is 2.48 bits per heavy atom. The van der Waals surface area contributed by atoms with Crippen molar-refractivity contribution in [2.75, 3.05) is 0 Å². The van der Waals surface area contributed by atoms with E-state index in [0.29, 0.717) is 11.3 Å². The highest BCUT2D eigenvalue weighted by Crippen LogP contribution is 2.28. The highest BCUT2D eigenvalue weighted by molar-refractivity contribution is 5.81. The summed E-state index contributed by atoms with van der Waals surface area (Å²) in [7, 11) is 1.80. The van der Waals surface area contributed by atoms with Gasteiger partial charge in [0, 0.05) is 31.1 Å². The van der Waals surface area contributed by atoms with E-state index in [-0.39, 0.29) is 5.75 Å². The summed E-state index contributed by atoms with van der Waals surface area (Å²) in [5, 5.41) is 0. The molecule has 0 aliphatic heterocycles. The normalized spacial score (nSPS) is 11.8. The summed E-state index contributed by atoms with van der Waals surface area (Å²) in [5.74, 6) is 0.367. The molecular weight excluding hydrogens is 283 g/mol. The number of aromatic nitrogens is 3. The van der Waals surface area contributed by atoms with Crippen LogP contribution in [-0.2, 0) is 7.05 Å². The lowest BCUT2D eigenvalue weighted by atomic mass is 10.2. The number of ether oxygens (including phenoxy) is 1. The van der Waals surface area contributed by atoms with Gasteiger partial charge in [-0.15, -0.1) is 13.2 Å². The van der Waals surface area contributed by atoms with Gasteiger partial charge >= 0.3 is 6.36 Å². The van der Waals surface area contributed by atoms with Crippen molar-refractivity contribution in [1.29, 1.82) is 0 Å². The molecule has 0 spiro atoms. The summed E-state index contributed by atoms with van der Waals surface area (Å²) in [5.41, 5.74) is 1.99. The Morgan fingerprint density at radius 1 is 1.10 bits per heavy atom. The Balaban J connectivity index is 2.08. The van der Waals surface area contributed by atoms with Gasteiger partial charge in [-0.1, -0.05) is 0 Å². The summed E-state index contributed by atoms with van der Waals surface area (Å²) >= 11 is 0. The number of hydrogen-bond acceptors (Lipinski definition) is 3. The van der Waals surface area contributed by atoms with Crippen LogP contribution >= 0.6 is 0 Å². The summed E-state index contributed by atoms with van der Waals surface area (Å²) in [6.45, 7) is 0. The van der Waals surface area contributed by atoms with E-state index in [9.17, 15) is 13.2 Å². The Labute approximate surface area is 117 Å². The molecule has 0 fully saturated rings. The van der Waals surface area contributed by atoms with Crippen molar-refractivity contribution in [1.82, 2.24) is 14.5 Å². The molecule has 0 saturated carbocycles. The number of halogens is 3. The first-order valence-corrected chi connectivity index (χ1v) is 6.07. The lowest BCUT2D eigenvalue weighted by Gasteiger charge is -2.08. The highest BCUT2D eigenvalue weighted by atomic mass is 19.4. The van der Waals surface area contributed by atoms with Crippen molar-refractivity contribution >= 4 is 11.0 Å². The molecule has 7 heteroatoms. The molecule has 0 radical (unpaired) electrons. The molecular formula is C14H10F3N3O. The number of fused-ring (bicyclic) bond motifs is 1. The molecule has 2 aromatic heterocycles. The van der Waals surface area contributed by atoms with Crippen LogP contribution in [0.4, 0.5) is 13.2 Å². The van der Waals surface area contributed by atoms with Gasteiger partial charge in [0.15, 0.2) is 0 Å². The quantitative estimate of drug-likeness (QED) is 0.725. The predicted molar refractivity (Wildman–Crippen MR) is 70.6 cm³/mol. The SMILES string of the molecule is Cn1c(-c2ccncc2)nc2cc(OC(F)(F)F)ccc21. The van der Waals surface area contributed by atoms with E-state index in [1.807, 2.05) is 4.57 Å². The van der Waals surface area contributed by atoms with Gasteiger partial charge in [-0.05, 0) is 24.3 Å². The first-order valence-electron chi connectivity index (χ1n) is 6.07. The van der Waals surface area contributed by atoms with Crippen LogP contribution in [0, 0.1) is 0 Å². The van der Waals surface area contributed by atoms with Crippen molar-refractivity contribution in [3.63, 3.8) is 0 Å². The summed E-state index contributed by atoms with van der Waals surface area (Å²) in [6.07, 6.45) is -1.45. The summed E-state index contributed by atoms with van der Waals surface area (Å²) < 4.78 is 42.4. The lowest BCUT2D eigenvalue weighted by Crippen LogP contribution is -2.16. The fourth-order valence-electron chi connectivity index (χ4n) is 2.14. The molecule has 1 aromatic carbocycles. The van der Waals surface area contributed by atoms with Gasteiger partial charge in [-0.25, -0.2) is 4.98 Å². The predicted octanol–water partition coefficient (Wildman–Crippen LogP) is 3.53. The first kappa shape index (κ1) is 13.4. The molecule has 0 bridgehead atoms. The zero-order valence-electron chi connectivity index (χ0n) is 10.9. The molecule has 0 unspecified atom stereocenters. The maximum absolute atomic E-state index is 12.2. The number of benzene rings is 1. The zero-order chi connectivity index (χ0) is 15.0. The average Bonchev–Trinajstić information content (AvgIpc) is 2.75. The number of rotatable bonds is 2. The Bertz CT molecular complexity index is 781. The monoisotopic (exact) mass is 293 g/mol. The molecule has 0 aliphatic rings. The van der Waals surface area contributed by atoms with E-state index in [1.165, 1.54) is 12.1 Å². The van der Waals surface area contributed by atoms with E-state index in [4.69, 9.17) is 0 Å². The van der Waals surface area contributed by atoms with Crippen LogP contribution in [0.5, 0.6) is 5.75 Å². The van der Waals surface area contributed by atoms with Crippen LogP contribution in [0.1, 0.15) is 0 Å². The molecule has 4 nitrogen and oxygen atoms in total. The lowest BCUT2D eigenvalue weighted by molar-refractivity contribution is -0.274. The van der Waals surface area contributed by atoms with Crippen LogP contribution < -0.4 is 4.74 Å². The number of alkyl halides is 3. The minimum Gasteiger partial charge on any atom is -0.406 e. The van der Waals surface area contributed by atoms with Crippen LogP contribution in [0.15, 0.2) is 42.7 Å². The van der Waals surface area contributed by atoms with Crippen LogP contribution in [0.2, 0.25) is 0 Å². The molecule has 0 atom stereocenters. The maximum Gasteiger partial charge on any atom is 0.573 e. The Morgan fingerprint density at radius 2 is 1.81 bits per heavy atom. The number of nitrogens with zero attached hydrogens (tertiary/aromatic N) is 3. The molecule has 3 aromatic rings. The molecule has 3 rings (SSSR count). The molecule has 0 amide bonds. The van der Waals surface area contributed by atoms with Gasteiger partial charge in [0.25, 0.3) is 0 Å². The third kappa shape index (κ3) is 2.67. The van der Waals surface area contributed by atoms with Gasteiger partial charge in [0.05, 0.1) is 11.0 Å². The average molecular weight is 293 g/mol. The van der Waals surface area contributed by atoms with Crippen molar-refractivity contribution in [2.45, 2.75) is 6.36 Å². The molecule has 0 saturated heterocycles. The van der Waals surface area contributed by atoms with E-state index in [2.05, 4.69) is 14.7 Å². The van der Waals surface area contributed by atoms with Gasteiger partial charge in [0.1, 0.15) is 11.6 Å². The minimum atomic E-state index is -4.71. The molecule has 21 heavy (non-hydrogen) atoms. The number of imidazole rings is 1. The van der Waals surface area contributed by atoms with Gasteiger partial charge < -0.3 is 9.30 Å². The highest BCUT2D eigenvalue weighted by Gasteiger charge is 2.31. The number of aryl methyl sites for hydroxylation is 1. The second kappa shape index (κ2) is 4.76. The molecule has 0 N–H and O–H groups in total. The topological polar surface area (TPSA) is 39.9 Å². The van der Waals surface area contributed by atoms with Gasteiger partial charge in [-0.2, -0.15) is 0 Å². The molecule has 2 heterocycles. The number of hydrogen-bond donors (Lipinski definition) is 0. The smallest absolute Gasteiger partial charge is 0.406 e. The zero-order valence-corrected chi connectivity index (χ0v) is 10.9. The van der Waals surface area contributed by atoms with Crippen molar-refractivity contribution < 1.29 is 17.9 Å². The Kier molecular flexibility index (Phi) is 3.04. The third-order valence-electron chi connectivity index (χ3n) is 3.02. The van der Waals surface area contributed by atoms with Crippen LogP contribution in [0.25, 0.3) is 22.4 Å². The molecule has 108 valence electrons. The standard InChI is InChI=1S/C14H10F3N3O/c1-20-12-3-2-10(21-14(15,16)17)8-11(12)19-13(20)9-4-6-18-7-5-9/h2-8H,1H3. The minimum absolute atomic E-state index is 0.283. The van der Waals surface area contributed by atoms with E-state index in [0.717, 1.165) is 11.1 Å². The molecule has 0 aliphatic carbocycles. The van der Waals surface area contributed by atoms with Crippen LogP contribution in [-0.4, -0.2) is 20.9 Å². The van der Waals surface area contributed by atoms with E-state index >= 15 is 0 Å². The van der Waals surface area contributed by atoms with Gasteiger partial charge in [0.2, 0.25) is 0 Å². The van der Waals surface area contributed by atoms with Crippen molar-refractivity contribution in [3.05, 3.63) is 42.7 Å². The van der Waals surface area contributed by atoms with Gasteiger partial charge in [-0.3, -0.25) is 4.98 Å². The number of pyridine rings is 1. The fraction of sp³-hybridized carbons (Fsp3) is 0.143. The fourth-order valence-corrected chi connectivity index (χ4v) is 2.14. The third-order valence-corrected chi connectivity index (χ3v) is 3.02. The second-order valence-electron chi connectivity index (χ2n) is 4.43. The maximum atomic E-state index is 12.2. The van der Waals surface area contributed by atoms with Crippen LogP contribution in [0.3, 0.4) is 0 Å². The largest absolute Gasteiger partial charge is 0.573 e. The summed E-state index contributed by atoms with van der Waals surface area (Å²) in [4.78, 5) is 8.29. The van der Waals surface area contributed by atoms with E-state index < -0.39 is 6.36 Å². The van der Waals surface area contributed by atoms with Crippen molar-refractivity contribution in [3.8, 4) is 17.1 Å². The summed E-state index contributed by atoms with van der Waals surface area (Å²) in [6, 6.07) is 7.66.